The predicted octanol–water partition coefficient (Wildman–Crippen LogP) is 3.98. The van der Waals surface area contributed by atoms with Crippen LogP contribution < -0.4 is 25.5 Å². The smallest absolute Gasteiger partial charge is 0.329 e. The van der Waals surface area contributed by atoms with Crippen LogP contribution in [0, 0.1) is 5.82 Å². The minimum atomic E-state index is -1.03. The Hall–Kier alpha value is -4.44. The maximum Gasteiger partial charge on any atom is 0.329 e. The van der Waals surface area contributed by atoms with Gasteiger partial charge in [-0.3, -0.25) is 14.4 Å². The first-order valence-corrected chi connectivity index (χ1v) is 11.1. The quantitative estimate of drug-likeness (QED) is 0.228. The van der Waals surface area contributed by atoms with Crippen molar-refractivity contribution >= 4 is 46.9 Å². The summed E-state index contributed by atoms with van der Waals surface area (Å²) in [6.07, 6.45) is 1.25. The summed E-state index contributed by atoms with van der Waals surface area (Å²) in [5.41, 5.74) is 3.40. The first kappa shape index (κ1) is 26.2. The van der Waals surface area contributed by atoms with Crippen molar-refractivity contribution in [2.24, 2.45) is 5.10 Å². The molecule has 3 rings (SSSR count). The van der Waals surface area contributed by atoms with Gasteiger partial charge in [-0.1, -0.05) is 29.8 Å². The fourth-order valence-electron chi connectivity index (χ4n) is 2.86. The van der Waals surface area contributed by atoms with Gasteiger partial charge >= 0.3 is 11.8 Å². The number of benzene rings is 3. The number of carbonyl (C=O) groups excluding carboxylic acids is 3. The minimum Gasteiger partial charge on any atom is -0.490 e. The number of nitrogens with one attached hydrogen (secondary N) is 3. The van der Waals surface area contributed by atoms with Crippen LogP contribution in [0.25, 0.3) is 0 Å². The largest absolute Gasteiger partial charge is 0.490 e. The number of rotatable bonds is 9. The van der Waals surface area contributed by atoms with Crippen LogP contribution in [0.1, 0.15) is 12.5 Å². The lowest BCUT2D eigenvalue weighted by Gasteiger charge is -2.14. The maximum atomic E-state index is 12.9. The Bertz CT molecular complexity index is 1250. The number of hydrazone groups is 1. The van der Waals surface area contributed by atoms with Crippen molar-refractivity contribution in [2.75, 3.05) is 23.8 Å². The molecule has 0 aliphatic rings. The van der Waals surface area contributed by atoms with Gasteiger partial charge in [0.2, 0.25) is 0 Å². The van der Waals surface area contributed by atoms with Gasteiger partial charge in [0.25, 0.3) is 5.91 Å². The summed E-state index contributed by atoms with van der Waals surface area (Å²) < 4.78 is 24.1. The molecule has 0 fully saturated rings. The van der Waals surface area contributed by atoms with Gasteiger partial charge < -0.3 is 20.1 Å². The van der Waals surface area contributed by atoms with Crippen molar-refractivity contribution in [3.63, 3.8) is 0 Å². The minimum absolute atomic E-state index is 0.148. The molecular weight excluding hydrogens is 491 g/mol. The number of halogens is 2. The summed E-state index contributed by atoms with van der Waals surface area (Å²) in [7, 11) is 0. The van der Waals surface area contributed by atoms with Gasteiger partial charge in [0.15, 0.2) is 18.1 Å². The van der Waals surface area contributed by atoms with Crippen molar-refractivity contribution in [2.45, 2.75) is 6.92 Å². The number of para-hydroxylation sites is 1. The third-order valence-electron chi connectivity index (χ3n) is 4.42. The molecule has 0 aromatic heterocycles. The molecule has 0 unspecified atom stereocenters. The Morgan fingerprint density at radius 2 is 1.64 bits per heavy atom. The van der Waals surface area contributed by atoms with Gasteiger partial charge in [-0.05, 0) is 61.0 Å². The van der Waals surface area contributed by atoms with Crippen molar-refractivity contribution in [1.29, 1.82) is 0 Å². The van der Waals surface area contributed by atoms with Crippen LogP contribution in [0.3, 0.4) is 0 Å². The van der Waals surface area contributed by atoms with E-state index in [1.54, 1.807) is 37.3 Å². The molecule has 0 atom stereocenters. The number of hydrogen-bond acceptors (Lipinski definition) is 6. The predicted molar refractivity (Wildman–Crippen MR) is 134 cm³/mol. The van der Waals surface area contributed by atoms with E-state index in [1.807, 2.05) is 6.07 Å². The molecule has 0 heterocycles. The molecule has 9 nitrogen and oxygen atoms in total. The van der Waals surface area contributed by atoms with Crippen molar-refractivity contribution in [3.8, 4) is 11.5 Å². The Morgan fingerprint density at radius 3 is 2.33 bits per heavy atom. The Morgan fingerprint density at radius 1 is 0.944 bits per heavy atom. The second-order valence-electron chi connectivity index (χ2n) is 7.13. The summed E-state index contributed by atoms with van der Waals surface area (Å²) in [6.45, 7) is 1.76. The Kier molecular flexibility index (Phi) is 9.35. The molecule has 186 valence electrons. The third kappa shape index (κ3) is 7.81. The third-order valence-corrected chi connectivity index (χ3v) is 4.71. The van der Waals surface area contributed by atoms with Gasteiger partial charge in [-0.2, -0.15) is 5.10 Å². The van der Waals surface area contributed by atoms with Crippen LogP contribution >= 0.6 is 11.6 Å². The van der Waals surface area contributed by atoms with Crippen LogP contribution in [0.15, 0.2) is 71.8 Å². The normalized spacial score (nSPS) is 10.5. The summed E-state index contributed by atoms with van der Waals surface area (Å²) in [5.74, 6) is -2.44. The van der Waals surface area contributed by atoms with E-state index >= 15 is 0 Å². The van der Waals surface area contributed by atoms with E-state index in [0.717, 1.165) is 12.1 Å². The number of nitrogens with zero attached hydrogens (tertiary/aromatic N) is 1. The average Bonchev–Trinajstić information content (AvgIpc) is 2.85. The van der Waals surface area contributed by atoms with Crippen LogP contribution in [0.4, 0.5) is 15.8 Å². The zero-order valence-corrected chi connectivity index (χ0v) is 19.8. The molecule has 3 aromatic rings. The van der Waals surface area contributed by atoms with E-state index in [2.05, 4.69) is 21.2 Å². The summed E-state index contributed by atoms with van der Waals surface area (Å²) in [5, 5.41) is 8.91. The molecule has 0 bridgehead atoms. The highest BCUT2D eigenvalue weighted by Gasteiger charge is 2.15. The highest BCUT2D eigenvalue weighted by atomic mass is 35.5. The lowest BCUT2D eigenvalue weighted by atomic mass is 10.2. The number of anilines is 2. The number of ether oxygens (including phenoxy) is 2. The second kappa shape index (κ2) is 12.9. The van der Waals surface area contributed by atoms with Crippen LogP contribution in [-0.4, -0.2) is 37.1 Å². The zero-order chi connectivity index (χ0) is 25.9. The molecule has 0 saturated carbocycles. The molecule has 3 aromatic carbocycles. The molecule has 0 aliphatic heterocycles. The number of carbonyl (C=O) groups is 3. The monoisotopic (exact) mass is 512 g/mol. The number of hydrogen-bond donors (Lipinski definition) is 3. The number of amides is 3. The van der Waals surface area contributed by atoms with E-state index in [0.29, 0.717) is 17.9 Å². The fourth-order valence-corrected chi connectivity index (χ4v) is 3.13. The van der Waals surface area contributed by atoms with Crippen molar-refractivity contribution in [1.82, 2.24) is 5.43 Å². The lowest BCUT2D eigenvalue weighted by Crippen LogP contribution is -2.32. The van der Waals surface area contributed by atoms with Crippen LogP contribution in [-0.2, 0) is 14.4 Å². The first-order valence-electron chi connectivity index (χ1n) is 10.7. The molecule has 0 saturated heterocycles. The van der Waals surface area contributed by atoms with Gasteiger partial charge in [0.05, 0.1) is 17.8 Å². The standard InChI is InChI=1S/C25H22ClFN4O5/c1-2-35-21-13-16(14-28-31-25(34)24(33)30-19-10-8-17(27)9-11-19)12-20(26)23(21)36-15-22(32)29-18-6-4-3-5-7-18/h3-14H,2,15H2,1H3,(H,29,32)(H,30,33)(H,31,34)/b28-14-. The molecular formula is C25H22ClFN4O5. The lowest BCUT2D eigenvalue weighted by molar-refractivity contribution is -0.136. The maximum absolute atomic E-state index is 12.9. The van der Waals surface area contributed by atoms with E-state index in [1.165, 1.54) is 24.4 Å². The zero-order valence-electron chi connectivity index (χ0n) is 19.1. The molecule has 11 heteroatoms. The molecule has 0 aliphatic carbocycles. The van der Waals surface area contributed by atoms with E-state index < -0.39 is 17.6 Å². The van der Waals surface area contributed by atoms with Gasteiger partial charge in [-0.15, -0.1) is 0 Å². The fraction of sp³-hybridized carbons (Fsp3) is 0.120. The van der Waals surface area contributed by atoms with Crippen molar-refractivity contribution < 1.29 is 28.2 Å². The topological polar surface area (TPSA) is 118 Å². The summed E-state index contributed by atoms with van der Waals surface area (Å²) in [6, 6.07) is 16.9. The van der Waals surface area contributed by atoms with E-state index in [-0.39, 0.29) is 34.7 Å². The molecule has 36 heavy (non-hydrogen) atoms. The highest BCUT2D eigenvalue weighted by molar-refractivity contribution is 6.39. The molecule has 0 spiro atoms. The molecule has 3 amide bonds. The Balaban J connectivity index is 1.60. The average molecular weight is 513 g/mol. The van der Waals surface area contributed by atoms with Crippen LogP contribution in [0.5, 0.6) is 11.5 Å². The molecule has 3 N–H and O–H groups in total. The van der Waals surface area contributed by atoms with Gasteiger partial charge in [-0.25, -0.2) is 9.82 Å². The Labute approximate surface area is 211 Å². The second-order valence-corrected chi connectivity index (χ2v) is 7.53. The van der Waals surface area contributed by atoms with E-state index in [4.69, 9.17) is 21.1 Å². The van der Waals surface area contributed by atoms with Crippen LogP contribution in [0.2, 0.25) is 5.02 Å². The summed E-state index contributed by atoms with van der Waals surface area (Å²) in [4.78, 5) is 36.1. The first-order chi connectivity index (χ1) is 17.4. The molecule has 0 radical (unpaired) electrons. The van der Waals surface area contributed by atoms with Gasteiger partial charge in [0.1, 0.15) is 5.82 Å². The highest BCUT2D eigenvalue weighted by Crippen LogP contribution is 2.36. The summed E-state index contributed by atoms with van der Waals surface area (Å²) >= 11 is 6.33. The van der Waals surface area contributed by atoms with E-state index in [9.17, 15) is 18.8 Å². The van der Waals surface area contributed by atoms with Gasteiger partial charge in [0, 0.05) is 11.4 Å². The SMILES string of the molecule is CCOc1cc(/C=N\NC(=O)C(=O)Nc2ccc(F)cc2)cc(Cl)c1OCC(=O)Nc1ccccc1. The van der Waals surface area contributed by atoms with Crippen molar-refractivity contribution in [3.05, 3.63) is 83.1 Å².